The van der Waals surface area contributed by atoms with Gasteiger partial charge in [0.2, 0.25) is 0 Å². The third-order valence-corrected chi connectivity index (χ3v) is 4.30. The van der Waals surface area contributed by atoms with Gasteiger partial charge in [0.25, 0.3) is 0 Å². The summed E-state index contributed by atoms with van der Waals surface area (Å²) in [6.45, 7) is 0.471. The van der Waals surface area contributed by atoms with E-state index in [9.17, 15) is 4.79 Å². The van der Waals surface area contributed by atoms with Crippen LogP contribution in [0.4, 0.5) is 22.0 Å². The van der Waals surface area contributed by atoms with Crippen molar-refractivity contribution < 1.29 is 4.79 Å². The second-order valence-electron chi connectivity index (χ2n) is 5.45. The molecule has 6 nitrogen and oxygen atoms in total. The van der Waals surface area contributed by atoms with Crippen LogP contribution in [0, 0.1) is 0 Å². The molecule has 0 saturated heterocycles. The van der Waals surface area contributed by atoms with Gasteiger partial charge in [0.15, 0.2) is 11.0 Å². The lowest BCUT2D eigenvalue weighted by atomic mass is 10.2. The minimum absolute atomic E-state index is 0.297. The molecule has 1 heterocycles. The lowest BCUT2D eigenvalue weighted by molar-refractivity contribution is 0.262. The minimum atomic E-state index is -0.415. The average Bonchev–Trinajstić information content (AvgIpc) is 2.64. The van der Waals surface area contributed by atoms with Crippen molar-refractivity contribution in [1.82, 2.24) is 9.97 Å². The van der Waals surface area contributed by atoms with Gasteiger partial charge in [-0.1, -0.05) is 46.9 Å². The number of rotatable bonds is 5. The number of urea groups is 1. The van der Waals surface area contributed by atoms with E-state index in [1.54, 1.807) is 30.5 Å². The van der Waals surface area contributed by atoms with E-state index < -0.39 is 6.03 Å². The van der Waals surface area contributed by atoms with Crippen LogP contribution in [0.1, 0.15) is 5.56 Å². The number of hydrogen-bond acceptors (Lipinski definition) is 4. The second-order valence-corrected chi connectivity index (χ2v) is 6.65. The van der Waals surface area contributed by atoms with Gasteiger partial charge in [-0.25, -0.2) is 14.8 Å². The molecule has 0 radical (unpaired) electrons. The molecule has 0 atom stereocenters. The molecule has 3 aromatic rings. The number of aromatic nitrogens is 2. The van der Waals surface area contributed by atoms with Gasteiger partial charge >= 0.3 is 6.03 Å². The number of nitrogens with zero attached hydrogens (tertiary/aromatic N) is 2. The standard InChI is InChI=1S/C18H14Cl3N5O/c19-12-4-5-15(14(20)9-12)26-18(27)25-13-3-1-2-11(8-13)10-24-17-16(21)22-6-7-23-17/h1-9H,10H2,(H,23,24)(H2,25,26,27). The molecule has 138 valence electrons. The molecule has 0 bridgehead atoms. The number of carbonyl (C=O) groups is 1. The third kappa shape index (κ3) is 5.47. The molecule has 1 aromatic heterocycles. The van der Waals surface area contributed by atoms with E-state index in [1.165, 1.54) is 6.20 Å². The molecule has 0 saturated carbocycles. The van der Waals surface area contributed by atoms with Crippen molar-refractivity contribution in [2.24, 2.45) is 0 Å². The molecule has 0 aliphatic heterocycles. The van der Waals surface area contributed by atoms with Crippen LogP contribution in [-0.2, 0) is 6.54 Å². The molecule has 27 heavy (non-hydrogen) atoms. The third-order valence-electron chi connectivity index (χ3n) is 3.48. The highest BCUT2D eigenvalue weighted by Crippen LogP contribution is 2.25. The lowest BCUT2D eigenvalue weighted by Crippen LogP contribution is -2.19. The largest absolute Gasteiger partial charge is 0.363 e. The zero-order valence-corrected chi connectivity index (χ0v) is 16.1. The Bertz CT molecular complexity index is 967. The Balaban J connectivity index is 1.61. The molecular formula is C18H14Cl3N5O. The maximum atomic E-state index is 12.2. The van der Waals surface area contributed by atoms with Crippen molar-refractivity contribution in [2.45, 2.75) is 6.54 Å². The monoisotopic (exact) mass is 421 g/mol. The SMILES string of the molecule is O=C(Nc1cccc(CNc2nccnc2Cl)c1)Nc1ccc(Cl)cc1Cl. The first-order valence-corrected chi connectivity index (χ1v) is 8.97. The number of carbonyl (C=O) groups excluding carboxylic acids is 1. The van der Waals surface area contributed by atoms with Crippen LogP contribution in [-0.4, -0.2) is 16.0 Å². The Morgan fingerprint density at radius 2 is 1.78 bits per heavy atom. The summed E-state index contributed by atoms with van der Waals surface area (Å²) >= 11 is 17.9. The first-order chi connectivity index (χ1) is 13.0. The summed E-state index contributed by atoms with van der Waals surface area (Å²) in [4.78, 5) is 20.3. The number of nitrogens with one attached hydrogen (secondary N) is 3. The molecule has 0 aliphatic carbocycles. The first kappa shape index (κ1) is 19.2. The van der Waals surface area contributed by atoms with E-state index in [0.717, 1.165) is 5.56 Å². The van der Waals surface area contributed by atoms with Gasteiger partial charge in [-0.3, -0.25) is 0 Å². The normalized spacial score (nSPS) is 10.3. The predicted octanol–water partition coefficient (Wildman–Crippen LogP) is 5.69. The summed E-state index contributed by atoms with van der Waals surface area (Å²) in [5, 5.41) is 9.69. The van der Waals surface area contributed by atoms with Gasteiger partial charge in [-0.15, -0.1) is 0 Å². The van der Waals surface area contributed by atoms with Gasteiger partial charge in [-0.2, -0.15) is 0 Å². The predicted molar refractivity (Wildman–Crippen MR) is 110 cm³/mol. The number of hydrogen-bond donors (Lipinski definition) is 3. The van der Waals surface area contributed by atoms with E-state index in [2.05, 4.69) is 25.9 Å². The summed E-state index contributed by atoms with van der Waals surface area (Å²) in [5.74, 6) is 0.493. The average molecular weight is 423 g/mol. The first-order valence-electron chi connectivity index (χ1n) is 7.83. The molecule has 2 aromatic carbocycles. The summed E-state index contributed by atoms with van der Waals surface area (Å²) < 4.78 is 0. The maximum Gasteiger partial charge on any atom is 0.323 e. The van der Waals surface area contributed by atoms with Crippen molar-refractivity contribution >= 4 is 58.0 Å². The van der Waals surface area contributed by atoms with Crippen molar-refractivity contribution in [3.05, 3.63) is 75.6 Å². The number of benzene rings is 2. The van der Waals surface area contributed by atoms with E-state index in [1.807, 2.05) is 18.2 Å². The maximum absolute atomic E-state index is 12.2. The van der Waals surface area contributed by atoms with Crippen LogP contribution in [0.25, 0.3) is 0 Å². The fraction of sp³-hybridized carbons (Fsp3) is 0.0556. The van der Waals surface area contributed by atoms with Crippen molar-refractivity contribution in [3.63, 3.8) is 0 Å². The van der Waals surface area contributed by atoms with E-state index in [4.69, 9.17) is 34.8 Å². The summed E-state index contributed by atoms with van der Waals surface area (Å²) in [6, 6.07) is 11.8. The summed E-state index contributed by atoms with van der Waals surface area (Å²) in [7, 11) is 0. The van der Waals surface area contributed by atoms with E-state index in [-0.39, 0.29) is 0 Å². The molecule has 0 unspecified atom stereocenters. The summed E-state index contributed by atoms with van der Waals surface area (Å²) in [6.07, 6.45) is 3.07. The number of anilines is 3. The van der Waals surface area contributed by atoms with Gasteiger partial charge in [-0.05, 0) is 35.9 Å². The van der Waals surface area contributed by atoms with Crippen molar-refractivity contribution in [2.75, 3.05) is 16.0 Å². The molecule has 9 heteroatoms. The zero-order valence-electron chi connectivity index (χ0n) is 13.8. The lowest BCUT2D eigenvalue weighted by Gasteiger charge is -2.11. The Morgan fingerprint density at radius 3 is 2.56 bits per heavy atom. The fourth-order valence-corrected chi connectivity index (χ4v) is 2.89. The van der Waals surface area contributed by atoms with Gasteiger partial charge < -0.3 is 16.0 Å². The van der Waals surface area contributed by atoms with Crippen LogP contribution in [0.2, 0.25) is 15.2 Å². The molecule has 0 aliphatic rings. The molecular weight excluding hydrogens is 409 g/mol. The second kappa shape index (κ2) is 8.90. The Morgan fingerprint density at radius 1 is 0.963 bits per heavy atom. The van der Waals surface area contributed by atoms with Crippen LogP contribution in [0.15, 0.2) is 54.9 Å². The number of halogens is 3. The molecule has 0 fully saturated rings. The van der Waals surface area contributed by atoms with Crippen molar-refractivity contribution in [3.8, 4) is 0 Å². The van der Waals surface area contributed by atoms with Crippen LogP contribution in [0.3, 0.4) is 0 Å². The topological polar surface area (TPSA) is 78.9 Å². The number of amides is 2. The fourth-order valence-electron chi connectivity index (χ4n) is 2.26. The van der Waals surface area contributed by atoms with E-state index in [0.29, 0.717) is 38.9 Å². The highest BCUT2D eigenvalue weighted by Gasteiger charge is 2.07. The van der Waals surface area contributed by atoms with Crippen LogP contribution >= 0.6 is 34.8 Å². The molecule has 0 spiro atoms. The van der Waals surface area contributed by atoms with Crippen LogP contribution in [0.5, 0.6) is 0 Å². The van der Waals surface area contributed by atoms with E-state index >= 15 is 0 Å². The quantitative estimate of drug-likeness (QED) is 0.493. The zero-order chi connectivity index (χ0) is 19.2. The Labute approximate surface area is 170 Å². The van der Waals surface area contributed by atoms with Gasteiger partial charge in [0.05, 0.1) is 10.7 Å². The van der Waals surface area contributed by atoms with Crippen molar-refractivity contribution in [1.29, 1.82) is 0 Å². The molecule has 3 N–H and O–H groups in total. The van der Waals surface area contributed by atoms with Gasteiger partial charge in [0, 0.05) is 29.6 Å². The smallest absolute Gasteiger partial charge is 0.323 e. The van der Waals surface area contributed by atoms with Crippen LogP contribution < -0.4 is 16.0 Å². The molecule has 3 rings (SSSR count). The highest BCUT2D eigenvalue weighted by molar-refractivity contribution is 6.36. The Hall–Kier alpha value is -2.54. The molecule has 2 amide bonds. The highest BCUT2D eigenvalue weighted by atomic mass is 35.5. The Kier molecular flexibility index (Phi) is 6.34. The van der Waals surface area contributed by atoms with Gasteiger partial charge in [0.1, 0.15) is 0 Å². The summed E-state index contributed by atoms with van der Waals surface area (Å²) in [5.41, 5.74) is 2.02. The minimum Gasteiger partial charge on any atom is -0.363 e.